The molecule has 0 spiro atoms. The van der Waals surface area contributed by atoms with Crippen LogP contribution in [0.5, 0.6) is 5.75 Å². The Hall–Kier alpha value is -1.87. The number of carbonyl (C=O) groups excluding carboxylic acids is 1. The number of benzene rings is 2. The van der Waals surface area contributed by atoms with Gasteiger partial charge in [-0.3, -0.25) is 4.79 Å². The summed E-state index contributed by atoms with van der Waals surface area (Å²) in [6.45, 7) is 4.06. The quantitative estimate of drug-likeness (QED) is 0.776. The summed E-state index contributed by atoms with van der Waals surface area (Å²) in [5, 5.41) is 0.228. The molecule has 0 heterocycles. The zero-order valence-corrected chi connectivity index (χ0v) is 12.0. The fourth-order valence-corrected chi connectivity index (χ4v) is 2.21. The van der Waals surface area contributed by atoms with Crippen molar-refractivity contribution in [1.29, 1.82) is 0 Å². The summed E-state index contributed by atoms with van der Waals surface area (Å²) >= 11 is 5.90. The van der Waals surface area contributed by atoms with Gasteiger partial charge in [-0.2, -0.15) is 0 Å². The minimum Gasteiger partial charge on any atom is -0.487 e. The number of ether oxygens (including phenoxy) is 1. The molecule has 0 saturated carbocycles. The molecule has 0 atom stereocenters. The van der Waals surface area contributed by atoms with Crippen LogP contribution in [0.3, 0.4) is 0 Å². The average Bonchev–Trinajstić information content (AvgIpc) is 2.41. The van der Waals surface area contributed by atoms with Crippen LogP contribution in [-0.2, 0) is 6.61 Å². The molecule has 2 aromatic carbocycles. The maximum atomic E-state index is 12.9. The third-order valence-electron chi connectivity index (χ3n) is 3.10. The van der Waals surface area contributed by atoms with Crippen LogP contribution in [-0.4, -0.2) is 6.29 Å². The minimum absolute atomic E-state index is 0.228. The van der Waals surface area contributed by atoms with Gasteiger partial charge in [-0.25, -0.2) is 4.39 Å². The molecule has 4 heteroatoms. The van der Waals surface area contributed by atoms with E-state index >= 15 is 0 Å². The van der Waals surface area contributed by atoms with E-state index in [0.717, 1.165) is 23.0 Å². The highest BCUT2D eigenvalue weighted by atomic mass is 35.5. The first-order valence-corrected chi connectivity index (χ1v) is 6.52. The monoisotopic (exact) mass is 292 g/mol. The molecule has 0 unspecified atom stereocenters. The summed E-state index contributed by atoms with van der Waals surface area (Å²) in [6, 6.07) is 7.78. The molecule has 20 heavy (non-hydrogen) atoms. The third kappa shape index (κ3) is 3.17. The van der Waals surface area contributed by atoms with Gasteiger partial charge in [0, 0.05) is 5.56 Å². The molecule has 0 radical (unpaired) electrons. The van der Waals surface area contributed by atoms with E-state index in [1.807, 2.05) is 26.0 Å². The van der Waals surface area contributed by atoms with Gasteiger partial charge in [0.2, 0.25) is 0 Å². The number of rotatable bonds is 4. The van der Waals surface area contributed by atoms with Crippen LogP contribution in [0.25, 0.3) is 0 Å². The zero-order valence-electron chi connectivity index (χ0n) is 11.2. The van der Waals surface area contributed by atoms with Crippen LogP contribution in [0.1, 0.15) is 27.0 Å². The summed E-state index contributed by atoms with van der Waals surface area (Å²) in [4.78, 5) is 11.0. The Morgan fingerprint density at radius 3 is 2.65 bits per heavy atom. The van der Waals surface area contributed by atoms with E-state index in [4.69, 9.17) is 16.3 Å². The van der Waals surface area contributed by atoms with E-state index in [2.05, 4.69) is 0 Å². The summed E-state index contributed by atoms with van der Waals surface area (Å²) in [5.41, 5.74) is 3.42. The first-order chi connectivity index (χ1) is 9.51. The first-order valence-electron chi connectivity index (χ1n) is 6.14. The molecule has 0 aliphatic heterocycles. The highest BCUT2D eigenvalue weighted by Gasteiger charge is 2.08. The average molecular weight is 293 g/mol. The lowest BCUT2D eigenvalue weighted by Gasteiger charge is -2.12. The first kappa shape index (κ1) is 14.5. The number of carbonyl (C=O) groups is 1. The van der Waals surface area contributed by atoms with Crippen molar-refractivity contribution >= 4 is 17.9 Å². The lowest BCUT2D eigenvalue weighted by atomic mass is 10.0. The molecular weight excluding hydrogens is 279 g/mol. The van der Waals surface area contributed by atoms with Crippen molar-refractivity contribution < 1.29 is 13.9 Å². The Balaban J connectivity index is 2.22. The SMILES string of the molecule is Cc1cc(C=O)c(C)c(COc2ccc(F)cc2Cl)c1. The second-order valence-electron chi connectivity index (χ2n) is 4.62. The molecular formula is C16H14ClFO2. The Morgan fingerprint density at radius 1 is 1.25 bits per heavy atom. The smallest absolute Gasteiger partial charge is 0.150 e. The van der Waals surface area contributed by atoms with Gasteiger partial charge in [0.1, 0.15) is 24.5 Å². The van der Waals surface area contributed by atoms with Gasteiger partial charge in [0.05, 0.1) is 5.02 Å². The van der Waals surface area contributed by atoms with E-state index in [9.17, 15) is 9.18 Å². The van der Waals surface area contributed by atoms with Gasteiger partial charge in [-0.1, -0.05) is 23.2 Å². The predicted octanol–water partition coefficient (Wildman–Crippen LogP) is 4.49. The maximum Gasteiger partial charge on any atom is 0.150 e. The van der Waals surface area contributed by atoms with Gasteiger partial charge in [-0.05, 0) is 49.2 Å². The largest absolute Gasteiger partial charge is 0.487 e. The lowest BCUT2D eigenvalue weighted by molar-refractivity contribution is 0.112. The van der Waals surface area contributed by atoms with Crippen LogP contribution < -0.4 is 4.74 Å². The molecule has 2 nitrogen and oxygen atoms in total. The molecule has 0 aliphatic carbocycles. The molecule has 0 amide bonds. The number of aryl methyl sites for hydroxylation is 1. The van der Waals surface area contributed by atoms with Crippen molar-refractivity contribution in [2.75, 3.05) is 0 Å². The normalized spacial score (nSPS) is 10.4. The van der Waals surface area contributed by atoms with Crippen molar-refractivity contribution in [3.63, 3.8) is 0 Å². The van der Waals surface area contributed by atoms with E-state index in [1.54, 1.807) is 0 Å². The Morgan fingerprint density at radius 2 is 2.00 bits per heavy atom. The fraction of sp³-hybridized carbons (Fsp3) is 0.188. The van der Waals surface area contributed by atoms with Crippen molar-refractivity contribution in [2.45, 2.75) is 20.5 Å². The van der Waals surface area contributed by atoms with Crippen molar-refractivity contribution in [3.8, 4) is 5.75 Å². The topological polar surface area (TPSA) is 26.3 Å². The molecule has 0 aliphatic rings. The molecule has 0 fully saturated rings. The summed E-state index contributed by atoms with van der Waals surface area (Å²) in [5.74, 6) is 0.0129. The van der Waals surface area contributed by atoms with Gasteiger partial charge >= 0.3 is 0 Å². The van der Waals surface area contributed by atoms with Crippen molar-refractivity contribution in [1.82, 2.24) is 0 Å². The Labute approximate surface area is 122 Å². The molecule has 2 aromatic rings. The standard InChI is InChI=1S/C16H14ClFO2/c1-10-5-12(8-19)11(2)13(6-10)9-20-16-4-3-14(18)7-15(16)17/h3-8H,9H2,1-2H3. The highest BCUT2D eigenvalue weighted by molar-refractivity contribution is 6.32. The van der Waals surface area contributed by atoms with E-state index in [0.29, 0.717) is 11.3 Å². The highest BCUT2D eigenvalue weighted by Crippen LogP contribution is 2.26. The summed E-state index contributed by atoms with van der Waals surface area (Å²) in [7, 11) is 0. The summed E-state index contributed by atoms with van der Waals surface area (Å²) < 4.78 is 18.5. The molecule has 0 saturated heterocycles. The van der Waals surface area contributed by atoms with Gasteiger partial charge < -0.3 is 4.74 Å². The molecule has 104 valence electrons. The second-order valence-corrected chi connectivity index (χ2v) is 5.03. The molecule has 2 rings (SSSR count). The second kappa shape index (κ2) is 6.06. The van der Waals surface area contributed by atoms with Gasteiger partial charge in [-0.15, -0.1) is 0 Å². The van der Waals surface area contributed by atoms with E-state index in [-0.39, 0.29) is 11.6 Å². The van der Waals surface area contributed by atoms with Gasteiger partial charge in [0.15, 0.2) is 0 Å². The van der Waals surface area contributed by atoms with Crippen molar-refractivity contribution in [3.05, 3.63) is 63.4 Å². The predicted molar refractivity (Wildman–Crippen MR) is 77.0 cm³/mol. The summed E-state index contributed by atoms with van der Waals surface area (Å²) in [6.07, 6.45) is 0.830. The molecule has 0 aromatic heterocycles. The van der Waals surface area contributed by atoms with Crippen LogP contribution in [0.2, 0.25) is 5.02 Å². The van der Waals surface area contributed by atoms with Crippen LogP contribution in [0, 0.1) is 19.7 Å². The lowest BCUT2D eigenvalue weighted by Crippen LogP contribution is -2.02. The Bertz CT molecular complexity index is 653. The zero-order chi connectivity index (χ0) is 14.7. The Kier molecular flexibility index (Phi) is 4.40. The van der Waals surface area contributed by atoms with Crippen LogP contribution >= 0.6 is 11.6 Å². The van der Waals surface area contributed by atoms with E-state index < -0.39 is 5.82 Å². The van der Waals surface area contributed by atoms with Gasteiger partial charge in [0.25, 0.3) is 0 Å². The van der Waals surface area contributed by atoms with Crippen molar-refractivity contribution in [2.24, 2.45) is 0 Å². The van der Waals surface area contributed by atoms with Crippen LogP contribution in [0.15, 0.2) is 30.3 Å². The van der Waals surface area contributed by atoms with Crippen LogP contribution in [0.4, 0.5) is 4.39 Å². The third-order valence-corrected chi connectivity index (χ3v) is 3.40. The maximum absolute atomic E-state index is 12.9. The minimum atomic E-state index is -0.405. The number of aldehydes is 1. The molecule has 0 N–H and O–H groups in total. The number of hydrogen-bond donors (Lipinski definition) is 0. The molecule has 0 bridgehead atoms. The van der Waals surface area contributed by atoms with E-state index in [1.165, 1.54) is 18.2 Å². The fourth-order valence-electron chi connectivity index (χ4n) is 1.98. The number of halogens is 2. The number of hydrogen-bond acceptors (Lipinski definition) is 2.